The zero-order chi connectivity index (χ0) is 21.4. The van der Waals surface area contributed by atoms with Gasteiger partial charge < -0.3 is 33.5 Å². The summed E-state index contributed by atoms with van der Waals surface area (Å²) in [5, 5.41) is 10.5. The molecule has 0 radical (unpaired) electrons. The Morgan fingerprint density at radius 1 is 0.967 bits per heavy atom. The lowest BCUT2D eigenvalue weighted by Crippen LogP contribution is -2.21. The fourth-order valence-corrected chi connectivity index (χ4v) is 4.17. The molecule has 0 bridgehead atoms. The molecule has 160 valence electrons. The van der Waals surface area contributed by atoms with Crippen molar-refractivity contribution in [3.05, 3.63) is 35.4 Å². The summed E-state index contributed by atoms with van der Waals surface area (Å²) in [4.78, 5) is 12.2. The zero-order valence-corrected chi connectivity index (χ0v) is 17.3. The fraction of sp³-hybridized carbons (Fsp3) is 0.409. The van der Waals surface area contributed by atoms with Crippen LogP contribution in [-0.4, -0.2) is 45.8 Å². The number of phenols is 1. The summed E-state index contributed by atoms with van der Waals surface area (Å²) in [6.07, 6.45) is 0. The standard InChI is InChI=1S/C22H24O8/c1-11-14(9-28-22(11)24)19(12-5-15(23)20-18(8-12)29-10-30-20)13-6-16(25-2)21(27-4)17(7-13)26-3/h5-8,11,14,19,23H,9-10H2,1-4H3/t11-,14+,19?/m0/s1. The maximum atomic E-state index is 12.2. The van der Waals surface area contributed by atoms with Crippen LogP contribution in [0.1, 0.15) is 24.0 Å². The van der Waals surface area contributed by atoms with E-state index in [-0.39, 0.29) is 42.9 Å². The molecule has 3 atom stereocenters. The smallest absolute Gasteiger partial charge is 0.309 e. The third kappa shape index (κ3) is 3.22. The summed E-state index contributed by atoms with van der Waals surface area (Å²) in [6, 6.07) is 7.16. The van der Waals surface area contributed by atoms with Gasteiger partial charge in [-0.15, -0.1) is 0 Å². The van der Waals surface area contributed by atoms with Gasteiger partial charge in [-0.05, 0) is 35.4 Å². The number of hydrogen-bond acceptors (Lipinski definition) is 8. The molecule has 1 saturated heterocycles. The van der Waals surface area contributed by atoms with Crippen LogP contribution < -0.4 is 23.7 Å². The van der Waals surface area contributed by atoms with E-state index in [1.165, 1.54) is 0 Å². The number of phenolic OH excluding ortho intramolecular Hbond substituents is 1. The summed E-state index contributed by atoms with van der Waals surface area (Å²) >= 11 is 0. The van der Waals surface area contributed by atoms with Crippen molar-refractivity contribution < 1.29 is 38.3 Å². The maximum Gasteiger partial charge on any atom is 0.309 e. The van der Waals surface area contributed by atoms with Crippen molar-refractivity contribution in [2.75, 3.05) is 34.7 Å². The number of cyclic esters (lactones) is 1. The predicted molar refractivity (Wildman–Crippen MR) is 106 cm³/mol. The van der Waals surface area contributed by atoms with Crippen LogP contribution in [0.4, 0.5) is 0 Å². The van der Waals surface area contributed by atoms with Crippen molar-refractivity contribution in [3.8, 4) is 34.5 Å². The molecule has 0 aromatic heterocycles. The average molecular weight is 416 g/mol. The maximum absolute atomic E-state index is 12.2. The highest BCUT2D eigenvalue weighted by atomic mass is 16.7. The molecule has 2 aromatic rings. The third-order valence-corrected chi connectivity index (χ3v) is 5.74. The van der Waals surface area contributed by atoms with E-state index in [1.54, 1.807) is 27.4 Å². The number of fused-ring (bicyclic) bond motifs is 1. The van der Waals surface area contributed by atoms with E-state index in [0.717, 1.165) is 11.1 Å². The highest BCUT2D eigenvalue weighted by Crippen LogP contribution is 2.49. The number of ether oxygens (including phenoxy) is 6. The third-order valence-electron chi connectivity index (χ3n) is 5.74. The first-order valence-electron chi connectivity index (χ1n) is 9.57. The van der Waals surface area contributed by atoms with Crippen molar-refractivity contribution in [2.24, 2.45) is 11.8 Å². The molecule has 2 heterocycles. The lowest BCUT2D eigenvalue weighted by Gasteiger charge is -2.27. The van der Waals surface area contributed by atoms with E-state index in [4.69, 9.17) is 28.4 Å². The van der Waals surface area contributed by atoms with Gasteiger partial charge in [0.2, 0.25) is 18.3 Å². The molecule has 2 aromatic carbocycles. The van der Waals surface area contributed by atoms with Crippen molar-refractivity contribution in [2.45, 2.75) is 12.8 Å². The molecule has 0 aliphatic carbocycles. The van der Waals surface area contributed by atoms with Crippen molar-refractivity contribution in [1.29, 1.82) is 0 Å². The highest BCUT2D eigenvalue weighted by molar-refractivity contribution is 5.75. The second kappa shape index (κ2) is 7.85. The molecule has 8 heteroatoms. The monoisotopic (exact) mass is 416 g/mol. The lowest BCUT2D eigenvalue weighted by molar-refractivity contribution is -0.140. The van der Waals surface area contributed by atoms with E-state index >= 15 is 0 Å². The van der Waals surface area contributed by atoms with Crippen LogP contribution in [0.25, 0.3) is 0 Å². The molecule has 4 rings (SSSR count). The number of hydrogen-bond donors (Lipinski definition) is 1. The van der Waals surface area contributed by atoms with E-state index in [9.17, 15) is 9.90 Å². The number of carbonyl (C=O) groups excluding carboxylic acids is 1. The molecular weight excluding hydrogens is 392 g/mol. The molecule has 2 aliphatic rings. The van der Waals surface area contributed by atoms with Gasteiger partial charge in [0.15, 0.2) is 23.0 Å². The zero-order valence-electron chi connectivity index (χ0n) is 17.3. The van der Waals surface area contributed by atoms with Gasteiger partial charge in [0.25, 0.3) is 0 Å². The molecule has 0 amide bonds. The Morgan fingerprint density at radius 3 is 2.20 bits per heavy atom. The molecule has 0 saturated carbocycles. The largest absolute Gasteiger partial charge is 0.504 e. The van der Waals surface area contributed by atoms with Crippen LogP contribution in [0, 0.1) is 11.8 Å². The Bertz CT molecular complexity index is 945. The Morgan fingerprint density at radius 2 is 1.63 bits per heavy atom. The van der Waals surface area contributed by atoms with Crippen LogP contribution >= 0.6 is 0 Å². The normalized spacial score (nSPS) is 20.6. The molecule has 2 aliphatic heterocycles. The van der Waals surface area contributed by atoms with Gasteiger partial charge in [-0.3, -0.25) is 4.79 Å². The molecule has 0 spiro atoms. The van der Waals surface area contributed by atoms with Gasteiger partial charge in [-0.1, -0.05) is 6.92 Å². The second-order valence-corrected chi connectivity index (χ2v) is 7.29. The molecule has 1 N–H and O–H groups in total. The predicted octanol–water partition coefficient (Wildman–Crippen LogP) is 3.09. The van der Waals surface area contributed by atoms with Gasteiger partial charge >= 0.3 is 5.97 Å². The summed E-state index contributed by atoms with van der Waals surface area (Å²) in [5.41, 5.74) is 1.60. The number of esters is 1. The number of rotatable bonds is 6. The summed E-state index contributed by atoms with van der Waals surface area (Å²) < 4.78 is 32.6. The fourth-order valence-electron chi connectivity index (χ4n) is 4.17. The van der Waals surface area contributed by atoms with Crippen LogP contribution in [0.3, 0.4) is 0 Å². The molecular formula is C22H24O8. The summed E-state index contributed by atoms with van der Waals surface area (Å²) in [5.74, 6) is 1.18. The lowest BCUT2D eigenvalue weighted by atomic mass is 9.76. The quantitative estimate of drug-likeness (QED) is 0.719. The first kappa shape index (κ1) is 20.0. The first-order chi connectivity index (χ1) is 14.5. The molecule has 1 fully saturated rings. The SMILES string of the molecule is COc1cc(C(c2cc(O)c3c(c2)OCO3)[C@@H]2COC(=O)[C@H]2C)cc(OC)c1OC. The van der Waals surface area contributed by atoms with Gasteiger partial charge in [-0.2, -0.15) is 0 Å². The number of aromatic hydroxyl groups is 1. The van der Waals surface area contributed by atoms with E-state index < -0.39 is 0 Å². The van der Waals surface area contributed by atoms with Crippen LogP contribution in [-0.2, 0) is 9.53 Å². The Hall–Kier alpha value is -3.29. The van der Waals surface area contributed by atoms with Crippen LogP contribution in [0.5, 0.6) is 34.5 Å². The number of benzene rings is 2. The minimum absolute atomic E-state index is 0.0182. The molecule has 1 unspecified atom stereocenters. The minimum atomic E-state index is -0.332. The molecule has 8 nitrogen and oxygen atoms in total. The summed E-state index contributed by atoms with van der Waals surface area (Å²) in [6.45, 7) is 2.15. The van der Waals surface area contributed by atoms with Crippen molar-refractivity contribution in [3.63, 3.8) is 0 Å². The van der Waals surface area contributed by atoms with E-state index in [0.29, 0.717) is 28.7 Å². The van der Waals surface area contributed by atoms with Gasteiger partial charge in [0, 0.05) is 11.8 Å². The van der Waals surface area contributed by atoms with Gasteiger partial charge in [-0.25, -0.2) is 0 Å². The Balaban J connectivity index is 1.89. The molecule has 30 heavy (non-hydrogen) atoms. The van der Waals surface area contributed by atoms with Crippen molar-refractivity contribution >= 4 is 5.97 Å². The summed E-state index contributed by atoms with van der Waals surface area (Å²) in [7, 11) is 4.64. The van der Waals surface area contributed by atoms with E-state index in [1.807, 2.05) is 25.1 Å². The second-order valence-electron chi connectivity index (χ2n) is 7.29. The average Bonchev–Trinajstić information content (AvgIpc) is 3.35. The number of carbonyl (C=O) groups is 1. The van der Waals surface area contributed by atoms with Gasteiger partial charge in [0.1, 0.15) is 0 Å². The Labute approximate surface area is 174 Å². The Kier molecular flexibility index (Phi) is 5.24. The number of methoxy groups -OCH3 is 3. The van der Waals surface area contributed by atoms with Gasteiger partial charge in [0.05, 0.1) is 33.9 Å². The van der Waals surface area contributed by atoms with Crippen LogP contribution in [0.15, 0.2) is 24.3 Å². The topological polar surface area (TPSA) is 92.7 Å². The van der Waals surface area contributed by atoms with E-state index in [2.05, 4.69) is 0 Å². The van der Waals surface area contributed by atoms with Crippen LogP contribution in [0.2, 0.25) is 0 Å². The highest BCUT2D eigenvalue weighted by Gasteiger charge is 2.41. The first-order valence-corrected chi connectivity index (χ1v) is 9.57. The van der Waals surface area contributed by atoms with Crippen molar-refractivity contribution in [1.82, 2.24) is 0 Å². The minimum Gasteiger partial charge on any atom is -0.504 e.